The summed E-state index contributed by atoms with van der Waals surface area (Å²) in [7, 11) is -7.66. The van der Waals surface area contributed by atoms with E-state index in [0.29, 0.717) is 11.4 Å². The smallest absolute Gasteiger partial charge is 0.244 e. The molecule has 1 heterocycles. The van der Waals surface area contributed by atoms with Gasteiger partial charge in [0.15, 0.2) is 0 Å². The number of anilines is 1. The molecule has 0 radical (unpaired) electrons. The SMILES string of the molecule is Cc1n[nH]c(C)c1S(=O)(=O)NCCN(c1ccccc1F)S(C)(=O)=O. The van der Waals surface area contributed by atoms with Gasteiger partial charge in [-0.3, -0.25) is 9.40 Å². The molecule has 0 aliphatic carbocycles. The molecule has 0 bridgehead atoms. The molecular weight excluding hydrogens is 371 g/mol. The fourth-order valence-corrected chi connectivity index (χ4v) is 4.73. The van der Waals surface area contributed by atoms with Crippen molar-refractivity contribution in [3.05, 3.63) is 41.5 Å². The second kappa shape index (κ2) is 7.10. The van der Waals surface area contributed by atoms with Crippen molar-refractivity contribution in [2.24, 2.45) is 0 Å². The lowest BCUT2D eigenvalue weighted by atomic mass is 10.3. The summed E-state index contributed by atoms with van der Waals surface area (Å²) in [4.78, 5) is 0.0179. The average molecular weight is 390 g/mol. The molecular formula is C14H19FN4O4S2. The van der Waals surface area contributed by atoms with Gasteiger partial charge in [-0.25, -0.2) is 25.9 Å². The van der Waals surface area contributed by atoms with Crippen LogP contribution in [-0.2, 0) is 20.0 Å². The third-order valence-electron chi connectivity index (χ3n) is 3.46. The zero-order valence-corrected chi connectivity index (χ0v) is 15.6. The number of aromatic amines is 1. The van der Waals surface area contributed by atoms with E-state index in [-0.39, 0.29) is 23.7 Å². The van der Waals surface area contributed by atoms with E-state index in [0.717, 1.165) is 16.6 Å². The molecule has 0 saturated carbocycles. The number of benzene rings is 1. The zero-order valence-electron chi connectivity index (χ0n) is 13.9. The van der Waals surface area contributed by atoms with Gasteiger partial charge in [-0.1, -0.05) is 12.1 Å². The van der Waals surface area contributed by atoms with E-state index in [1.807, 2.05) is 0 Å². The van der Waals surface area contributed by atoms with E-state index >= 15 is 0 Å². The Morgan fingerprint density at radius 2 is 1.84 bits per heavy atom. The van der Waals surface area contributed by atoms with Gasteiger partial charge in [0.05, 0.1) is 23.3 Å². The van der Waals surface area contributed by atoms with E-state index in [2.05, 4.69) is 14.9 Å². The molecule has 2 N–H and O–H groups in total. The lowest BCUT2D eigenvalue weighted by Gasteiger charge is -2.23. The van der Waals surface area contributed by atoms with Crippen LogP contribution >= 0.6 is 0 Å². The van der Waals surface area contributed by atoms with Crippen molar-refractivity contribution in [1.82, 2.24) is 14.9 Å². The molecule has 2 aromatic rings. The number of nitrogens with zero attached hydrogens (tertiary/aromatic N) is 2. The topological polar surface area (TPSA) is 112 Å². The van der Waals surface area contributed by atoms with Gasteiger partial charge in [0.25, 0.3) is 0 Å². The molecule has 2 rings (SSSR count). The molecule has 0 spiro atoms. The average Bonchev–Trinajstić information content (AvgIpc) is 2.83. The highest BCUT2D eigenvalue weighted by atomic mass is 32.2. The number of para-hydroxylation sites is 1. The maximum absolute atomic E-state index is 13.9. The van der Waals surface area contributed by atoms with Crippen molar-refractivity contribution < 1.29 is 21.2 Å². The van der Waals surface area contributed by atoms with Gasteiger partial charge in [-0.05, 0) is 26.0 Å². The van der Waals surface area contributed by atoms with Crippen molar-refractivity contribution in [2.75, 3.05) is 23.7 Å². The summed E-state index contributed by atoms with van der Waals surface area (Å²) in [5, 5.41) is 6.40. The molecule has 0 aliphatic heterocycles. The minimum absolute atomic E-state index is 0.0179. The summed E-state index contributed by atoms with van der Waals surface area (Å²) in [5.41, 5.74) is 0.540. The fourth-order valence-electron chi connectivity index (χ4n) is 2.41. The zero-order chi connectivity index (χ0) is 18.8. The molecule has 0 atom stereocenters. The van der Waals surface area contributed by atoms with Crippen LogP contribution in [0.3, 0.4) is 0 Å². The van der Waals surface area contributed by atoms with E-state index in [1.54, 1.807) is 13.8 Å². The lowest BCUT2D eigenvalue weighted by molar-refractivity contribution is 0.575. The summed E-state index contributed by atoms with van der Waals surface area (Å²) < 4.78 is 65.6. The van der Waals surface area contributed by atoms with Gasteiger partial charge >= 0.3 is 0 Å². The summed E-state index contributed by atoms with van der Waals surface area (Å²) in [5.74, 6) is -0.711. The normalized spacial score (nSPS) is 12.3. The third kappa shape index (κ3) is 4.35. The van der Waals surface area contributed by atoms with Crippen molar-refractivity contribution in [2.45, 2.75) is 18.7 Å². The fraction of sp³-hybridized carbons (Fsp3) is 0.357. The van der Waals surface area contributed by atoms with E-state index in [9.17, 15) is 21.2 Å². The molecule has 138 valence electrons. The predicted octanol–water partition coefficient (Wildman–Crippen LogP) is 0.910. The Bertz CT molecular complexity index is 951. The lowest BCUT2D eigenvalue weighted by Crippen LogP contribution is -2.38. The first-order valence-electron chi connectivity index (χ1n) is 7.27. The van der Waals surface area contributed by atoms with Crippen molar-refractivity contribution >= 4 is 25.7 Å². The number of aromatic nitrogens is 2. The van der Waals surface area contributed by atoms with Gasteiger partial charge in [-0.15, -0.1) is 0 Å². The summed E-state index contributed by atoms with van der Waals surface area (Å²) in [6.45, 7) is 2.62. The first-order valence-corrected chi connectivity index (χ1v) is 10.6. The minimum atomic E-state index is -3.87. The second-order valence-electron chi connectivity index (χ2n) is 5.45. The van der Waals surface area contributed by atoms with Crippen molar-refractivity contribution in [1.29, 1.82) is 0 Å². The number of rotatable bonds is 7. The number of hydrogen-bond donors (Lipinski definition) is 2. The van der Waals surface area contributed by atoms with Crippen LogP contribution in [0.25, 0.3) is 0 Å². The maximum atomic E-state index is 13.9. The van der Waals surface area contributed by atoms with Crippen LogP contribution in [-0.4, -0.2) is 46.4 Å². The monoisotopic (exact) mass is 390 g/mol. The second-order valence-corrected chi connectivity index (χ2v) is 9.06. The molecule has 25 heavy (non-hydrogen) atoms. The molecule has 8 nitrogen and oxygen atoms in total. The Kier molecular flexibility index (Phi) is 5.49. The molecule has 1 aromatic heterocycles. The number of aryl methyl sites for hydroxylation is 2. The van der Waals surface area contributed by atoms with Gasteiger partial charge in [0.2, 0.25) is 20.0 Å². The number of halogens is 1. The van der Waals surface area contributed by atoms with Crippen LogP contribution in [0, 0.1) is 19.7 Å². The van der Waals surface area contributed by atoms with Crippen LogP contribution in [0.2, 0.25) is 0 Å². The standard InChI is InChI=1S/C14H19FN4O4S2/c1-10-14(11(2)18-17-10)25(22,23)16-8-9-19(24(3,20)21)13-7-5-4-6-12(13)15/h4-7,16H,8-9H2,1-3H3,(H,17,18). The quantitative estimate of drug-likeness (QED) is 0.730. The first-order chi connectivity index (χ1) is 11.5. The summed E-state index contributed by atoms with van der Waals surface area (Å²) in [6.07, 6.45) is 0.929. The van der Waals surface area contributed by atoms with Crippen LogP contribution < -0.4 is 9.03 Å². The van der Waals surface area contributed by atoms with Crippen LogP contribution in [0.4, 0.5) is 10.1 Å². The summed E-state index contributed by atoms with van der Waals surface area (Å²) in [6, 6.07) is 5.39. The molecule has 0 saturated heterocycles. The molecule has 11 heteroatoms. The third-order valence-corrected chi connectivity index (χ3v) is 6.36. The number of hydrogen-bond acceptors (Lipinski definition) is 5. The Morgan fingerprint density at radius 1 is 1.20 bits per heavy atom. The van der Waals surface area contributed by atoms with E-state index < -0.39 is 25.9 Å². The van der Waals surface area contributed by atoms with Crippen LogP contribution in [0.5, 0.6) is 0 Å². The van der Waals surface area contributed by atoms with Gasteiger partial charge in [0.1, 0.15) is 10.7 Å². The number of H-pyrrole nitrogens is 1. The van der Waals surface area contributed by atoms with Gasteiger partial charge < -0.3 is 0 Å². The number of sulfonamides is 2. The van der Waals surface area contributed by atoms with E-state index in [4.69, 9.17) is 0 Å². The highest BCUT2D eigenvalue weighted by molar-refractivity contribution is 7.92. The molecule has 0 fully saturated rings. The number of nitrogens with one attached hydrogen (secondary N) is 2. The van der Waals surface area contributed by atoms with Gasteiger partial charge in [-0.2, -0.15) is 5.10 Å². The largest absolute Gasteiger partial charge is 0.281 e. The molecule has 1 aromatic carbocycles. The molecule has 0 aliphatic rings. The Morgan fingerprint density at radius 3 is 2.36 bits per heavy atom. The van der Waals surface area contributed by atoms with Crippen LogP contribution in [0.1, 0.15) is 11.4 Å². The predicted molar refractivity (Wildman–Crippen MR) is 91.8 cm³/mol. The van der Waals surface area contributed by atoms with Crippen molar-refractivity contribution in [3.63, 3.8) is 0 Å². The van der Waals surface area contributed by atoms with Gasteiger partial charge in [0, 0.05) is 13.1 Å². The summed E-state index contributed by atoms with van der Waals surface area (Å²) >= 11 is 0. The first kappa shape index (κ1) is 19.3. The molecule has 0 amide bonds. The van der Waals surface area contributed by atoms with Crippen LogP contribution in [0.15, 0.2) is 29.2 Å². The minimum Gasteiger partial charge on any atom is -0.281 e. The van der Waals surface area contributed by atoms with Crippen molar-refractivity contribution in [3.8, 4) is 0 Å². The Balaban J connectivity index is 2.19. The highest BCUT2D eigenvalue weighted by Gasteiger charge is 2.24. The Labute approximate surface area is 146 Å². The van der Waals surface area contributed by atoms with E-state index in [1.165, 1.54) is 18.2 Å². The maximum Gasteiger partial charge on any atom is 0.244 e. The molecule has 0 unspecified atom stereocenters. The Hall–Kier alpha value is -1.98. The highest BCUT2D eigenvalue weighted by Crippen LogP contribution is 2.21.